The van der Waals surface area contributed by atoms with Crippen LogP contribution < -0.4 is 0 Å². The van der Waals surface area contributed by atoms with E-state index in [1.165, 1.54) is 15.3 Å². The molecule has 35 heavy (non-hydrogen) atoms. The van der Waals surface area contributed by atoms with E-state index in [2.05, 4.69) is 75.4 Å². The number of amides is 1. The Morgan fingerprint density at radius 2 is 1.69 bits per heavy atom. The Kier molecular flexibility index (Phi) is 6.44. The van der Waals surface area contributed by atoms with Crippen LogP contribution in [0.3, 0.4) is 0 Å². The molecular weight excluding hydrogens is 452 g/mol. The molecule has 6 rings (SSSR count). The van der Waals surface area contributed by atoms with Crippen molar-refractivity contribution in [3.63, 3.8) is 0 Å². The molecule has 5 nitrogen and oxygen atoms in total. The van der Waals surface area contributed by atoms with Gasteiger partial charge in [-0.1, -0.05) is 54.6 Å². The fraction of sp³-hybridized carbons (Fsp3) is 0.448. The fourth-order valence-corrected chi connectivity index (χ4v) is 6.87. The highest BCUT2D eigenvalue weighted by Gasteiger charge is 2.59. The summed E-state index contributed by atoms with van der Waals surface area (Å²) >= 11 is 1.81. The number of piperidine rings is 1. The van der Waals surface area contributed by atoms with E-state index in [0.29, 0.717) is 5.91 Å². The van der Waals surface area contributed by atoms with E-state index in [-0.39, 0.29) is 11.3 Å². The number of likely N-dealkylation sites (tertiary alicyclic amines) is 1. The molecule has 2 saturated heterocycles. The van der Waals surface area contributed by atoms with E-state index in [0.717, 1.165) is 77.1 Å². The number of hydrogen-bond acceptors (Lipinski definition) is 5. The van der Waals surface area contributed by atoms with Gasteiger partial charge in [0.1, 0.15) is 5.01 Å². The summed E-state index contributed by atoms with van der Waals surface area (Å²) in [6, 6.07) is 18.8. The van der Waals surface area contributed by atoms with Crippen LogP contribution in [-0.4, -0.2) is 71.4 Å². The molecule has 0 radical (unpaired) electrons. The molecule has 0 N–H and O–H groups in total. The van der Waals surface area contributed by atoms with Crippen molar-refractivity contribution >= 4 is 33.5 Å². The van der Waals surface area contributed by atoms with Crippen molar-refractivity contribution in [1.82, 2.24) is 19.7 Å². The van der Waals surface area contributed by atoms with Crippen LogP contribution in [0.4, 0.5) is 0 Å². The van der Waals surface area contributed by atoms with Crippen LogP contribution in [-0.2, 0) is 11.3 Å². The van der Waals surface area contributed by atoms with Gasteiger partial charge in [0.25, 0.3) is 0 Å². The van der Waals surface area contributed by atoms with Crippen molar-refractivity contribution in [2.45, 2.75) is 25.8 Å². The first-order valence-corrected chi connectivity index (χ1v) is 13.8. The summed E-state index contributed by atoms with van der Waals surface area (Å²) in [5.74, 6) is 0.681. The standard InChI is InChI=1S/C29H34N4OS/c34-28(33-19-17-31(18-20-33)14-6-9-23-7-2-1-3-8-23)24-21-29(24)12-15-32(16-13-29)22-27-30-25-10-4-5-11-26(25)35-27/h1-11,24H,12-22H2/b9-6+. The monoisotopic (exact) mass is 486 g/mol. The molecule has 1 spiro atoms. The maximum Gasteiger partial charge on any atom is 0.226 e. The van der Waals surface area contributed by atoms with Gasteiger partial charge in [0.15, 0.2) is 0 Å². The molecule has 6 heteroatoms. The lowest BCUT2D eigenvalue weighted by atomic mass is 9.90. The zero-order valence-corrected chi connectivity index (χ0v) is 21.1. The molecule has 3 aromatic rings. The topological polar surface area (TPSA) is 39.7 Å². The number of carbonyl (C=O) groups is 1. The molecule has 3 fully saturated rings. The smallest absolute Gasteiger partial charge is 0.226 e. The first-order chi connectivity index (χ1) is 17.2. The van der Waals surface area contributed by atoms with Crippen LogP contribution in [0.5, 0.6) is 0 Å². The minimum absolute atomic E-state index is 0.261. The lowest BCUT2D eigenvalue weighted by molar-refractivity contribution is -0.135. The van der Waals surface area contributed by atoms with Crippen LogP contribution in [0, 0.1) is 11.3 Å². The third kappa shape index (κ3) is 5.06. The van der Waals surface area contributed by atoms with E-state index in [1.807, 2.05) is 17.4 Å². The summed E-state index contributed by atoms with van der Waals surface area (Å²) in [6.45, 7) is 7.75. The number of nitrogens with zero attached hydrogens (tertiary/aromatic N) is 4. The maximum atomic E-state index is 13.3. The summed E-state index contributed by atoms with van der Waals surface area (Å²) in [7, 11) is 0. The van der Waals surface area contributed by atoms with Gasteiger partial charge in [-0.25, -0.2) is 4.98 Å². The molecule has 1 aliphatic carbocycles. The first-order valence-electron chi connectivity index (χ1n) is 13.0. The van der Waals surface area contributed by atoms with Gasteiger partial charge in [-0.05, 0) is 55.5 Å². The van der Waals surface area contributed by atoms with Crippen LogP contribution in [0.25, 0.3) is 16.3 Å². The average molecular weight is 487 g/mol. The molecule has 0 bridgehead atoms. The number of rotatable bonds is 6. The molecule has 1 atom stereocenters. The highest BCUT2D eigenvalue weighted by Crippen LogP contribution is 2.60. The molecule has 2 aliphatic heterocycles. The fourth-order valence-electron chi connectivity index (χ4n) is 5.86. The number of aromatic nitrogens is 1. The lowest BCUT2D eigenvalue weighted by Gasteiger charge is -2.36. The Bertz CT molecular complexity index is 1160. The Hall–Kier alpha value is -2.54. The van der Waals surface area contributed by atoms with Crippen molar-refractivity contribution in [1.29, 1.82) is 0 Å². The molecule has 1 saturated carbocycles. The number of para-hydroxylation sites is 1. The van der Waals surface area contributed by atoms with Crippen LogP contribution in [0.2, 0.25) is 0 Å². The van der Waals surface area contributed by atoms with Gasteiger partial charge in [-0.2, -0.15) is 0 Å². The molecule has 182 valence electrons. The minimum atomic E-state index is 0.261. The highest BCUT2D eigenvalue weighted by atomic mass is 32.1. The second-order valence-corrected chi connectivity index (χ2v) is 11.5. The summed E-state index contributed by atoms with van der Waals surface area (Å²) in [6.07, 6.45) is 7.83. The molecular formula is C29H34N4OS. The summed E-state index contributed by atoms with van der Waals surface area (Å²) < 4.78 is 1.27. The summed E-state index contributed by atoms with van der Waals surface area (Å²) in [4.78, 5) is 25.2. The predicted molar refractivity (Wildman–Crippen MR) is 143 cm³/mol. The number of hydrogen-bond donors (Lipinski definition) is 0. The molecule has 2 aromatic carbocycles. The van der Waals surface area contributed by atoms with Crippen molar-refractivity contribution in [2.24, 2.45) is 11.3 Å². The van der Waals surface area contributed by atoms with Crippen molar-refractivity contribution in [3.05, 3.63) is 71.2 Å². The van der Waals surface area contributed by atoms with Crippen molar-refractivity contribution in [2.75, 3.05) is 45.8 Å². The number of thiazole rings is 1. The lowest BCUT2D eigenvalue weighted by Crippen LogP contribution is -2.49. The summed E-state index contributed by atoms with van der Waals surface area (Å²) in [5, 5.41) is 1.21. The Balaban J connectivity index is 0.948. The number of piperazine rings is 1. The van der Waals surface area contributed by atoms with Gasteiger partial charge in [-0.15, -0.1) is 11.3 Å². The SMILES string of the molecule is O=C(C1CC12CCN(Cc1nc3ccccc3s1)CC2)N1CCN(C/C=C/c2ccccc2)CC1. The predicted octanol–water partition coefficient (Wildman–Crippen LogP) is 4.76. The molecule has 1 unspecified atom stereocenters. The molecule has 1 aromatic heterocycles. The Morgan fingerprint density at radius 3 is 2.46 bits per heavy atom. The van der Waals surface area contributed by atoms with Crippen molar-refractivity contribution in [3.8, 4) is 0 Å². The Labute approximate surface area is 212 Å². The zero-order valence-electron chi connectivity index (χ0n) is 20.3. The zero-order chi connectivity index (χ0) is 23.7. The minimum Gasteiger partial charge on any atom is -0.340 e. The average Bonchev–Trinajstić information content (AvgIpc) is 3.44. The van der Waals surface area contributed by atoms with Crippen LogP contribution >= 0.6 is 11.3 Å². The second kappa shape index (κ2) is 9.84. The largest absolute Gasteiger partial charge is 0.340 e. The third-order valence-electron chi connectivity index (χ3n) is 8.19. The third-order valence-corrected chi connectivity index (χ3v) is 9.22. The number of fused-ring (bicyclic) bond motifs is 1. The van der Waals surface area contributed by atoms with E-state index in [1.54, 1.807) is 0 Å². The van der Waals surface area contributed by atoms with Gasteiger partial charge in [0.2, 0.25) is 5.91 Å². The molecule has 3 aliphatic rings. The highest BCUT2D eigenvalue weighted by molar-refractivity contribution is 7.18. The van der Waals surface area contributed by atoms with Gasteiger partial charge in [0, 0.05) is 38.6 Å². The van der Waals surface area contributed by atoms with Gasteiger partial charge in [0.05, 0.1) is 16.8 Å². The normalized spacial score (nSPS) is 22.9. The second-order valence-electron chi connectivity index (χ2n) is 10.4. The number of carbonyl (C=O) groups excluding carboxylic acids is 1. The van der Waals surface area contributed by atoms with E-state index in [4.69, 9.17) is 4.98 Å². The number of benzene rings is 2. The van der Waals surface area contributed by atoms with Gasteiger partial charge < -0.3 is 4.90 Å². The van der Waals surface area contributed by atoms with Crippen LogP contribution in [0.1, 0.15) is 29.8 Å². The van der Waals surface area contributed by atoms with Gasteiger partial charge in [-0.3, -0.25) is 14.6 Å². The summed E-state index contributed by atoms with van der Waals surface area (Å²) in [5.41, 5.74) is 2.63. The van der Waals surface area contributed by atoms with E-state index in [9.17, 15) is 4.79 Å². The molecule has 1 amide bonds. The van der Waals surface area contributed by atoms with Crippen LogP contribution in [0.15, 0.2) is 60.7 Å². The quantitative estimate of drug-likeness (QED) is 0.504. The Morgan fingerprint density at radius 1 is 0.943 bits per heavy atom. The van der Waals surface area contributed by atoms with E-state index >= 15 is 0 Å². The maximum absolute atomic E-state index is 13.3. The van der Waals surface area contributed by atoms with Gasteiger partial charge >= 0.3 is 0 Å². The first kappa shape index (κ1) is 22.9. The van der Waals surface area contributed by atoms with E-state index < -0.39 is 0 Å². The molecule has 3 heterocycles. The van der Waals surface area contributed by atoms with Crippen molar-refractivity contribution < 1.29 is 4.79 Å².